The molecule has 0 aliphatic rings. The van der Waals surface area contributed by atoms with Gasteiger partial charge in [0.1, 0.15) is 5.82 Å². The number of aromatic nitrogens is 4. The molecule has 0 amide bonds. The van der Waals surface area contributed by atoms with Crippen LogP contribution in [-0.4, -0.2) is 18.7 Å². The van der Waals surface area contributed by atoms with E-state index in [1.165, 1.54) is 32.6 Å². The second-order valence-electron chi connectivity index (χ2n) is 11.6. The smallest absolute Gasteiger partial charge is 0.138 e. The molecular weight excluding hydrogens is 548 g/mol. The Bertz CT molecular complexity index is 2670. The van der Waals surface area contributed by atoms with Crippen molar-refractivity contribution in [3.63, 3.8) is 0 Å². The Balaban J connectivity index is 1.22. The molecule has 0 unspecified atom stereocenters. The molecular formula is C41H26N4. The van der Waals surface area contributed by atoms with Crippen molar-refractivity contribution in [1.82, 2.24) is 18.7 Å². The van der Waals surface area contributed by atoms with Gasteiger partial charge in [0.15, 0.2) is 0 Å². The minimum absolute atomic E-state index is 0.918. The van der Waals surface area contributed by atoms with Crippen LogP contribution in [0.5, 0.6) is 0 Å². The van der Waals surface area contributed by atoms with Gasteiger partial charge in [-0.1, -0.05) is 97.1 Å². The SMILES string of the molecule is c1cc(-n2c3ccccc3c3ccccc32)cc(-n2c3ccccc3c3nc(-n4c5ccccc5c5ccccc54)ccc32)c1. The maximum absolute atomic E-state index is 5.38. The van der Waals surface area contributed by atoms with E-state index in [1.54, 1.807) is 0 Å². The zero-order chi connectivity index (χ0) is 29.5. The van der Waals surface area contributed by atoms with E-state index in [0.717, 1.165) is 50.2 Å². The lowest BCUT2D eigenvalue weighted by atomic mass is 10.2. The first kappa shape index (κ1) is 24.3. The highest BCUT2D eigenvalue weighted by molar-refractivity contribution is 6.11. The van der Waals surface area contributed by atoms with Crippen LogP contribution in [0.3, 0.4) is 0 Å². The molecule has 0 bridgehead atoms. The van der Waals surface area contributed by atoms with Gasteiger partial charge in [0.25, 0.3) is 0 Å². The number of nitrogens with zero attached hydrogens (tertiary/aromatic N) is 4. The van der Waals surface area contributed by atoms with Gasteiger partial charge < -0.3 is 9.13 Å². The number of hydrogen-bond acceptors (Lipinski definition) is 1. The van der Waals surface area contributed by atoms with E-state index >= 15 is 0 Å². The van der Waals surface area contributed by atoms with Crippen molar-refractivity contribution in [3.05, 3.63) is 158 Å². The molecule has 0 atom stereocenters. The molecule has 0 N–H and O–H groups in total. The number of pyridine rings is 1. The molecule has 0 aliphatic carbocycles. The fourth-order valence-electron chi connectivity index (χ4n) is 7.36. The van der Waals surface area contributed by atoms with Crippen molar-refractivity contribution in [2.75, 3.05) is 0 Å². The predicted octanol–water partition coefficient (Wildman–Crippen LogP) is 10.4. The molecule has 0 aliphatic heterocycles. The summed E-state index contributed by atoms with van der Waals surface area (Å²) in [5.41, 5.74) is 10.2. The molecule has 10 rings (SSSR count). The molecule has 0 radical (unpaired) electrons. The number of hydrogen-bond donors (Lipinski definition) is 0. The Morgan fingerprint density at radius 3 is 1.22 bits per heavy atom. The van der Waals surface area contributed by atoms with E-state index in [0.29, 0.717) is 0 Å². The lowest BCUT2D eigenvalue weighted by molar-refractivity contribution is 1.09. The molecule has 10 aromatic rings. The fourth-order valence-corrected chi connectivity index (χ4v) is 7.36. The van der Waals surface area contributed by atoms with E-state index in [4.69, 9.17) is 4.98 Å². The molecule has 210 valence electrons. The summed E-state index contributed by atoms with van der Waals surface area (Å²) in [6.07, 6.45) is 0. The maximum atomic E-state index is 5.38. The summed E-state index contributed by atoms with van der Waals surface area (Å²) < 4.78 is 7.02. The van der Waals surface area contributed by atoms with Gasteiger partial charge in [0, 0.05) is 38.3 Å². The zero-order valence-corrected chi connectivity index (χ0v) is 24.3. The van der Waals surface area contributed by atoms with Gasteiger partial charge in [-0.2, -0.15) is 0 Å². The van der Waals surface area contributed by atoms with Crippen LogP contribution in [0.1, 0.15) is 0 Å². The largest absolute Gasteiger partial charge is 0.309 e. The third-order valence-corrected chi connectivity index (χ3v) is 9.24. The summed E-state index contributed by atoms with van der Waals surface area (Å²) in [5, 5.41) is 6.13. The molecule has 4 heterocycles. The maximum Gasteiger partial charge on any atom is 0.138 e. The van der Waals surface area contributed by atoms with Crippen LogP contribution >= 0.6 is 0 Å². The van der Waals surface area contributed by atoms with Crippen molar-refractivity contribution in [2.24, 2.45) is 0 Å². The minimum Gasteiger partial charge on any atom is -0.309 e. The molecule has 0 saturated carbocycles. The van der Waals surface area contributed by atoms with Crippen molar-refractivity contribution in [2.45, 2.75) is 0 Å². The molecule has 6 aromatic carbocycles. The average molecular weight is 575 g/mol. The van der Waals surface area contributed by atoms with E-state index in [2.05, 4.69) is 171 Å². The first-order valence-electron chi connectivity index (χ1n) is 15.3. The van der Waals surface area contributed by atoms with Crippen LogP contribution in [-0.2, 0) is 0 Å². The Labute approximate surface area is 258 Å². The highest BCUT2D eigenvalue weighted by Gasteiger charge is 2.18. The zero-order valence-electron chi connectivity index (χ0n) is 24.3. The first-order valence-corrected chi connectivity index (χ1v) is 15.3. The Kier molecular flexibility index (Phi) is 4.96. The van der Waals surface area contributed by atoms with E-state index in [-0.39, 0.29) is 0 Å². The van der Waals surface area contributed by atoms with Crippen LogP contribution in [0.2, 0.25) is 0 Å². The number of rotatable bonds is 3. The van der Waals surface area contributed by atoms with Crippen LogP contribution in [0.15, 0.2) is 158 Å². The summed E-state index contributed by atoms with van der Waals surface area (Å²) in [5.74, 6) is 0.918. The van der Waals surface area contributed by atoms with Gasteiger partial charge >= 0.3 is 0 Å². The van der Waals surface area contributed by atoms with Gasteiger partial charge in [-0.3, -0.25) is 4.57 Å². The van der Waals surface area contributed by atoms with Crippen molar-refractivity contribution in [3.8, 4) is 17.2 Å². The second kappa shape index (κ2) is 9.18. The summed E-state index contributed by atoms with van der Waals surface area (Å²) in [6, 6.07) is 56.4. The normalized spacial score (nSPS) is 12.0. The lowest BCUT2D eigenvalue weighted by Crippen LogP contribution is -2.00. The third-order valence-electron chi connectivity index (χ3n) is 9.24. The fraction of sp³-hybridized carbons (Fsp3) is 0. The van der Waals surface area contributed by atoms with E-state index < -0.39 is 0 Å². The van der Waals surface area contributed by atoms with Crippen molar-refractivity contribution >= 4 is 65.5 Å². The average Bonchev–Trinajstić information content (AvgIpc) is 3.74. The first-order chi connectivity index (χ1) is 22.3. The van der Waals surface area contributed by atoms with Gasteiger partial charge in [-0.25, -0.2) is 4.98 Å². The lowest BCUT2D eigenvalue weighted by Gasteiger charge is -2.13. The van der Waals surface area contributed by atoms with E-state index in [1.807, 2.05) is 0 Å². The minimum atomic E-state index is 0.918. The van der Waals surface area contributed by atoms with Crippen LogP contribution in [0.4, 0.5) is 0 Å². The highest BCUT2D eigenvalue weighted by Crippen LogP contribution is 2.37. The third kappa shape index (κ3) is 3.39. The van der Waals surface area contributed by atoms with Gasteiger partial charge in [0.2, 0.25) is 0 Å². The van der Waals surface area contributed by atoms with Crippen LogP contribution < -0.4 is 0 Å². The van der Waals surface area contributed by atoms with Crippen LogP contribution in [0.25, 0.3) is 82.7 Å². The van der Waals surface area contributed by atoms with Crippen molar-refractivity contribution in [1.29, 1.82) is 0 Å². The summed E-state index contributed by atoms with van der Waals surface area (Å²) in [7, 11) is 0. The number of para-hydroxylation sites is 5. The monoisotopic (exact) mass is 574 g/mol. The molecule has 45 heavy (non-hydrogen) atoms. The Morgan fingerprint density at radius 2 is 0.711 bits per heavy atom. The molecule has 4 heteroatoms. The number of fused-ring (bicyclic) bond motifs is 9. The standard InChI is InChI=1S/C41H26N4/c1-6-19-34-29(14-1)30-15-2-7-20-35(30)43(34)27-12-11-13-28(26-27)44-38-23-10-5-18-33(38)41-39(44)24-25-40(42-41)45-36-21-8-3-16-31(36)32-17-4-9-22-37(32)45/h1-26H. The van der Waals surface area contributed by atoms with Gasteiger partial charge in [-0.15, -0.1) is 0 Å². The topological polar surface area (TPSA) is 27.7 Å². The highest BCUT2D eigenvalue weighted by atomic mass is 15.1. The quantitative estimate of drug-likeness (QED) is 0.206. The predicted molar refractivity (Wildman–Crippen MR) is 187 cm³/mol. The van der Waals surface area contributed by atoms with Gasteiger partial charge in [0.05, 0.1) is 38.6 Å². The second-order valence-corrected chi connectivity index (χ2v) is 11.6. The van der Waals surface area contributed by atoms with Gasteiger partial charge in [-0.05, 0) is 60.7 Å². The summed E-state index contributed by atoms with van der Waals surface area (Å²) in [4.78, 5) is 5.38. The molecule has 0 fully saturated rings. The summed E-state index contributed by atoms with van der Waals surface area (Å²) in [6.45, 7) is 0. The molecule has 4 nitrogen and oxygen atoms in total. The summed E-state index contributed by atoms with van der Waals surface area (Å²) >= 11 is 0. The Morgan fingerprint density at radius 1 is 0.311 bits per heavy atom. The van der Waals surface area contributed by atoms with Crippen LogP contribution in [0, 0.1) is 0 Å². The van der Waals surface area contributed by atoms with E-state index in [9.17, 15) is 0 Å². The number of benzene rings is 6. The Hall–Kier alpha value is -6.13. The van der Waals surface area contributed by atoms with Crippen molar-refractivity contribution < 1.29 is 0 Å². The molecule has 4 aromatic heterocycles. The molecule has 0 saturated heterocycles. The molecule has 0 spiro atoms.